The molecule has 0 heterocycles. The molecule has 1 rings (SSSR count). The Morgan fingerprint density at radius 2 is 0.842 bits per heavy atom. The average molecular weight is 547 g/mol. The highest BCUT2D eigenvalue weighted by molar-refractivity contribution is 5.89. The molecule has 0 saturated carbocycles. The van der Waals surface area contributed by atoms with E-state index in [2.05, 4.69) is 4.74 Å². The predicted molar refractivity (Wildman–Crippen MR) is 135 cm³/mol. The van der Waals surface area contributed by atoms with E-state index in [1.807, 2.05) is 6.07 Å². The normalized spacial score (nSPS) is 11.0. The molecule has 0 saturated heterocycles. The molecule has 0 aliphatic carbocycles. The predicted octanol–water partition coefficient (Wildman–Crippen LogP) is 1.15. The van der Waals surface area contributed by atoms with Crippen molar-refractivity contribution in [2.24, 2.45) is 0 Å². The number of hydrogen-bond acceptors (Lipinski definition) is 12. The monoisotopic (exact) mass is 546 g/mol. The minimum absolute atomic E-state index is 0.0732. The number of methoxy groups -OCH3 is 1. The van der Waals surface area contributed by atoms with Crippen molar-refractivity contribution in [2.45, 2.75) is 0 Å². The van der Waals surface area contributed by atoms with Gasteiger partial charge < -0.3 is 47.4 Å². The summed E-state index contributed by atoms with van der Waals surface area (Å²) in [5.74, 6) is -0.771. The maximum Gasteiger partial charge on any atom is 0.338 e. The summed E-state index contributed by atoms with van der Waals surface area (Å²) in [5.41, 5.74) is 0.522. The first kappa shape index (κ1) is 33.9. The minimum atomic E-state index is -0.411. The first-order chi connectivity index (χ1) is 18.7. The van der Waals surface area contributed by atoms with Gasteiger partial charge in [0.25, 0.3) is 0 Å². The molecule has 38 heavy (non-hydrogen) atoms. The van der Waals surface area contributed by atoms with E-state index in [4.69, 9.17) is 42.6 Å². The zero-order valence-electron chi connectivity index (χ0n) is 22.3. The van der Waals surface area contributed by atoms with Crippen LogP contribution in [0.2, 0.25) is 0 Å². The van der Waals surface area contributed by atoms with Crippen LogP contribution in [0.1, 0.15) is 10.4 Å². The lowest BCUT2D eigenvalue weighted by atomic mass is 10.2. The lowest BCUT2D eigenvalue weighted by Crippen LogP contribution is -2.16. The molecule has 0 aliphatic rings. The third kappa shape index (κ3) is 21.9. The Bertz CT molecular complexity index is 673. The molecule has 1 aromatic rings. The van der Waals surface area contributed by atoms with Crippen LogP contribution in [0.25, 0.3) is 0 Å². The van der Waals surface area contributed by atoms with E-state index in [9.17, 15) is 9.59 Å². The number of ether oxygens (including phenoxy) is 10. The van der Waals surface area contributed by atoms with Gasteiger partial charge in [0.05, 0.1) is 112 Å². The van der Waals surface area contributed by atoms with Crippen molar-refractivity contribution in [3.8, 4) is 0 Å². The quantitative estimate of drug-likeness (QED) is 0.116. The van der Waals surface area contributed by atoms with Crippen molar-refractivity contribution in [3.63, 3.8) is 0 Å². The van der Waals surface area contributed by atoms with Gasteiger partial charge in [-0.15, -0.1) is 0 Å². The van der Waals surface area contributed by atoms with Crippen LogP contribution in [0.5, 0.6) is 0 Å². The highest BCUT2D eigenvalue weighted by Gasteiger charge is 2.05. The van der Waals surface area contributed by atoms with Crippen LogP contribution in [0, 0.1) is 0 Å². The van der Waals surface area contributed by atoms with Crippen molar-refractivity contribution in [3.05, 3.63) is 35.9 Å². The van der Waals surface area contributed by atoms with Gasteiger partial charge in [-0.1, -0.05) is 18.2 Å². The van der Waals surface area contributed by atoms with Gasteiger partial charge in [-0.25, -0.2) is 9.59 Å². The second-order valence-corrected chi connectivity index (χ2v) is 7.42. The van der Waals surface area contributed by atoms with Gasteiger partial charge in [-0.3, -0.25) is 0 Å². The van der Waals surface area contributed by atoms with Gasteiger partial charge in [0, 0.05) is 0 Å². The summed E-state index contributed by atoms with van der Waals surface area (Å²) in [6.45, 7) is 6.69. The highest BCUT2D eigenvalue weighted by atomic mass is 16.6. The summed E-state index contributed by atoms with van der Waals surface area (Å²) in [6, 6.07) is 8.83. The molecule has 12 nitrogen and oxygen atoms in total. The van der Waals surface area contributed by atoms with Gasteiger partial charge in [0.1, 0.15) is 13.2 Å². The molecule has 12 heteroatoms. The molecule has 1 aromatic carbocycles. The first-order valence-corrected chi connectivity index (χ1v) is 12.6. The fraction of sp³-hybridized carbons (Fsp3) is 0.692. The average Bonchev–Trinajstić information content (AvgIpc) is 2.95. The third-order valence-electron chi connectivity index (χ3n) is 4.52. The van der Waals surface area contributed by atoms with Crippen molar-refractivity contribution < 1.29 is 57.0 Å². The fourth-order valence-electron chi connectivity index (χ4n) is 2.60. The number of rotatable bonds is 27. The van der Waals surface area contributed by atoms with Gasteiger partial charge in [-0.2, -0.15) is 0 Å². The van der Waals surface area contributed by atoms with Crippen molar-refractivity contribution in [2.75, 3.05) is 119 Å². The van der Waals surface area contributed by atoms with Crippen LogP contribution >= 0.6 is 0 Å². The van der Waals surface area contributed by atoms with Gasteiger partial charge in [0.15, 0.2) is 0 Å². The summed E-state index contributed by atoms with van der Waals surface area (Å²) in [4.78, 5) is 22.6. The van der Waals surface area contributed by atoms with Crippen molar-refractivity contribution >= 4 is 11.9 Å². The van der Waals surface area contributed by atoms with Gasteiger partial charge >= 0.3 is 11.9 Å². The van der Waals surface area contributed by atoms with Crippen LogP contribution in [-0.4, -0.2) is 131 Å². The maximum atomic E-state index is 11.7. The molecule has 0 amide bonds. The molecule has 0 bridgehead atoms. The Balaban J connectivity index is 1.67. The van der Waals surface area contributed by atoms with Crippen LogP contribution in [0.3, 0.4) is 0 Å². The Morgan fingerprint density at radius 3 is 1.21 bits per heavy atom. The Hall–Kier alpha value is -2.16. The molecule has 0 atom stereocenters. The Labute approximate surface area is 224 Å². The number of carbonyl (C=O) groups excluding carboxylic acids is 2. The Kier molecular flexibility index (Phi) is 23.6. The van der Waals surface area contributed by atoms with Crippen LogP contribution in [-0.2, 0) is 52.2 Å². The second kappa shape index (κ2) is 26.4. The standard InChI is InChI=1S/C26H42O12/c1-29-25(27)23-37-20-19-35-16-15-33-12-11-31-8-7-30-9-10-32-13-14-34-17-18-36-21-22-38-26(28)24-5-3-2-4-6-24/h2-6H,7-23H2,1H3. The zero-order valence-corrected chi connectivity index (χ0v) is 22.3. The summed E-state index contributed by atoms with van der Waals surface area (Å²) < 4.78 is 52.3. The molecule has 0 spiro atoms. The largest absolute Gasteiger partial charge is 0.467 e. The fourth-order valence-corrected chi connectivity index (χ4v) is 2.60. The molecule has 0 fully saturated rings. The maximum absolute atomic E-state index is 11.7. The number of carbonyl (C=O) groups is 2. The van der Waals surface area contributed by atoms with E-state index < -0.39 is 5.97 Å². The molecular weight excluding hydrogens is 504 g/mol. The van der Waals surface area contributed by atoms with Gasteiger partial charge in [0.2, 0.25) is 0 Å². The minimum Gasteiger partial charge on any atom is -0.467 e. The molecule has 218 valence electrons. The molecule has 0 unspecified atom stereocenters. The van der Waals surface area contributed by atoms with Crippen molar-refractivity contribution in [1.82, 2.24) is 0 Å². The van der Waals surface area contributed by atoms with Gasteiger partial charge in [-0.05, 0) is 12.1 Å². The molecule has 0 radical (unpaired) electrons. The van der Waals surface area contributed by atoms with E-state index >= 15 is 0 Å². The highest BCUT2D eigenvalue weighted by Crippen LogP contribution is 2.00. The van der Waals surface area contributed by atoms with Crippen LogP contribution in [0.15, 0.2) is 30.3 Å². The Morgan fingerprint density at radius 1 is 0.500 bits per heavy atom. The van der Waals surface area contributed by atoms with E-state index in [0.717, 1.165) is 0 Å². The number of hydrogen-bond donors (Lipinski definition) is 0. The molecule has 0 aliphatic heterocycles. The zero-order chi connectivity index (χ0) is 27.4. The molecule has 0 N–H and O–H groups in total. The summed E-state index contributed by atoms with van der Waals surface area (Å²) in [5, 5.41) is 0. The summed E-state index contributed by atoms with van der Waals surface area (Å²) in [7, 11) is 1.31. The SMILES string of the molecule is COC(=O)COCCOCCOCCOCCOCCOCCOCCOCCOC(=O)c1ccccc1. The van der Waals surface area contributed by atoms with E-state index in [0.29, 0.717) is 105 Å². The van der Waals surface area contributed by atoms with Crippen molar-refractivity contribution in [1.29, 1.82) is 0 Å². The lowest BCUT2D eigenvalue weighted by Gasteiger charge is -2.09. The van der Waals surface area contributed by atoms with E-state index in [1.54, 1.807) is 24.3 Å². The summed E-state index contributed by atoms with van der Waals surface area (Å²) >= 11 is 0. The number of esters is 2. The van der Waals surface area contributed by atoms with E-state index in [1.165, 1.54) is 7.11 Å². The number of benzene rings is 1. The molecule has 0 aromatic heterocycles. The first-order valence-electron chi connectivity index (χ1n) is 12.6. The van der Waals surface area contributed by atoms with E-state index in [-0.39, 0.29) is 19.2 Å². The lowest BCUT2D eigenvalue weighted by molar-refractivity contribution is -0.146. The third-order valence-corrected chi connectivity index (χ3v) is 4.52. The second-order valence-electron chi connectivity index (χ2n) is 7.42. The smallest absolute Gasteiger partial charge is 0.338 e. The topological polar surface area (TPSA) is 126 Å². The molecular formula is C26H42O12. The van der Waals surface area contributed by atoms with Crippen LogP contribution in [0.4, 0.5) is 0 Å². The summed E-state index contributed by atoms with van der Waals surface area (Å²) in [6.07, 6.45) is 0. The van der Waals surface area contributed by atoms with Crippen LogP contribution < -0.4 is 0 Å².